The Morgan fingerprint density at radius 3 is 2.38 bits per heavy atom. The number of hydrogen-bond acceptors (Lipinski definition) is 2. The van der Waals surface area contributed by atoms with E-state index < -0.39 is 11.0 Å². The summed E-state index contributed by atoms with van der Waals surface area (Å²) in [5, 5.41) is 21.2. The van der Waals surface area contributed by atoms with Crippen molar-refractivity contribution in [2.75, 3.05) is 0 Å². The maximum atomic E-state index is 11.4. The summed E-state index contributed by atoms with van der Waals surface area (Å²) >= 11 is 0. The average Bonchev–Trinajstić information content (AvgIpc) is 2.48. The van der Waals surface area contributed by atoms with Gasteiger partial charge in [0.1, 0.15) is 0 Å². The van der Waals surface area contributed by atoms with Crippen LogP contribution in [0.3, 0.4) is 0 Å². The van der Waals surface area contributed by atoms with Crippen LogP contribution in [0.4, 0.5) is 0 Å². The highest BCUT2D eigenvalue weighted by Gasteiger charge is 2.53. The van der Waals surface area contributed by atoms with Crippen LogP contribution in [0.2, 0.25) is 0 Å². The molecule has 2 nitrogen and oxygen atoms in total. The predicted octanol–water partition coefficient (Wildman–Crippen LogP) is 5.06. The van der Waals surface area contributed by atoms with Gasteiger partial charge < -0.3 is 5.11 Å². The molecule has 1 N–H and O–H groups in total. The fourth-order valence-corrected chi connectivity index (χ4v) is 4.85. The summed E-state index contributed by atoms with van der Waals surface area (Å²) in [7, 11) is 0. The average molecular weight is 291 g/mol. The molecule has 2 saturated carbocycles. The summed E-state index contributed by atoms with van der Waals surface area (Å²) in [6.45, 7) is 6.76. The molecular formula is C19H33NO. The molecule has 0 bridgehead atoms. The molecule has 2 aliphatic carbocycles. The van der Waals surface area contributed by atoms with Gasteiger partial charge in [-0.2, -0.15) is 5.26 Å². The van der Waals surface area contributed by atoms with Crippen LogP contribution >= 0.6 is 0 Å². The van der Waals surface area contributed by atoms with Crippen LogP contribution in [0.15, 0.2) is 0 Å². The summed E-state index contributed by atoms with van der Waals surface area (Å²) in [4.78, 5) is 0. The van der Waals surface area contributed by atoms with Crippen molar-refractivity contribution in [1.29, 1.82) is 5.26 Å². The maximum Gasteiger partial charge on any atom is 0.0860 e. The molecule has 2 unspecified atom stereocenters. The number of nitriles is 1. The van der Waals surface area contributed by atoms with Crippen molar-refractivity contribution in [2.45, 2.75) is 90.6 Å². The van der Waals surface area contributed by atoms with Crippen LogP contribution in [-0.2, 0) is 0 Å². The van der Waals surface area contributed by atoms with Gasteiger partial charge in [-0.1, -0.05) is 40.0 Å². The van der Waals surface area contributed by atoms with Crippen LogP contribution in [0.1, 0.15) is 85.0 Å². The van der Waals surface area contributed by atoms with E-state index in [0.717, 1.165) is 50.9 Å². The molecular weight excluding hydrogens is 258 g/mol. The highest BCUT2D eigenvalue weighted by atomic mass is 16.3. The van der Waals surface area contributed by atoms with E-state index in [1.54, 1.807) is 0 Å². The lowest BCUT2D eigenvalue weighted by atomic mass is 9.56. The third-order valence-corrected chi connectivity index (χ3v) is 6.47. The van der Waals surface area contributed by atoms with Crippen molar-refractivity contribution in [3.8, 4) is 6.07 Å². The first kappa shape index (κ1) is 16.8. The second kappa shape index (κ2) is 6.69. The van der Waals surface area contributed by atoms with Crippen LogP contribution < -0.4 is 0 Å². The Labute approximate surface area is 130 Å². The second-order valence-corrected chi connectivity index (χ2v) is 8.06. The lowest BCUT2D eigenvalue weighted by Gasteiger charge is -2.50. The smallest absolute Gasteiger partial charge is 0.0860 e. The summed E-state index contributed by atoms with van der Waals surface area (Å²) in [5.41, 5.74) is -1.20. The van der Waals surface area contributed by atoms with E-state index in [2.05, 4.69) is 26.8 Å². The Kier molecular flexibility index (Phi) is 5.36. The highest BCUT2D eigenvalue weighted by Crippen LogP contribution is 2.53. The zero-order valence-corrected chi connectivity index (χ0v) is 14.2. The van der Waals surface area contributed by atoms with E-state index in [0.29, 0.717) is 11.8 Å². The summed E-state index contributed by atoms with van der Waals surface area (Å²) in [6.07, 6.45) is 10.6. The molecule has 0 heterocycles. The number of nitrogens with zero attached hydrogens (tertiary/aromatic N) is 1. The van der Waals surface area contributed by atoms with Gasteiger partial charge in [0.25, 0.3) is 0 Å². The maximum absolute atomic E-state index is 11.4. The van der Waals surface area contributed by atoms with Gasteiger partial charge in [-0.3, -0.25) is 0 Å². The molecule has 0 saturated heterocycles. The van der Waals surface area contributed by atoms with Crippen molar-refractivity contribution < 1.29 is 5.11 Å². The number of hydrogen-bond donors (Lipinski definition) is 1. The topological polar surface area (TPSA) is 44.0 Å². The first-order valence-electron chi connectivity index (χ1n) is 9.10. The van der Waals surface area contributed by atoms with Gasteiger partial charge in [0.05, 0.1) is 17.1 Å². The molecule has 0 aromatic rings. The number of rotatable bonds is 4. The Bertz CT molecular complexity index is 376. The molecule has 120 valence electrons. The lowest BCUT2D eigenvalue weighted by molar-refractivity contribution is -0.118. The molecule has 2 aliphatic rings. The third kappa shape index (κ3) is 3.29. The molecule has 0 radical (unpaired) electrons. The molecule has 21 heavy (non-hydrogen) atoms. The molecule has 2 fully saturated rings. The van der Waals surface area contributed by atoms with Crippen molar-refractivity contribution in [3.63, 3.8) is 0 Å². The molecule has 2 rings (SSSR count). The Morgan fingerprint density at radius 2 is 1.86 bits per heavy atom. The van der Waals surface area contributed by atoms with E-state index in [1.807, 2.05) is 0 Å². The minimum Gasteiger partial charge on any atom is -0.388 e. The number of aliphatic hydroxyl groups is 1. The minimum absolute atomic E-state index is 0.467. The molecule has 2 heteroatoms. The summed E-state index contributed by atoms with van der Waals surface area (Å²) < 4.78 is 0. The first-order chi connectivity index (χ1) is 9.96. The minimum atomic E-state index is -0.730. The first-order valence-corrected chi connectivity index (χ1v) is 9.10. The molecule has 0 spiro atoms. The lowest BCUT2D eigenvalue weighted by Crippen LogP contribution is -2.52. The fraction of sp³-hybridized carbons (Fsp3) is 0.947. The van der Waals surface area contributed by atoms with Gasteiger partial charge in [0, 0.05) is 0 Å². The summed E-state index contributed by atoms with van der Waals surface area (Å²) in [6, 6.07) is 2.60. The van der Waals surface area contributed by atoms with E-state index in [9.17, 15) is 10.4 Å². The predicted molar refractivity (Wildman–Crippen MR) is 86.7 cm³/mol. The van der Waals surface area contributed by atoms with Crippen LogP contribution in [0.5, 0.6) is 0 Å². The third-order valence-electron chi connectivity index (χ3n) is 6.47. The van der Waals surface area contributed by atoms with E-state index in [-0.39, 0.29) is 0 Å². The van der Waals surface area contributed by atoms with Crippen LogP contribution in [0.25, 0.3) is 0 Å². The normalized spacial score (nSPS) is 41.0. The largest absolute Gasteiger partial charge is 0.388 e. The van der Waals surface area contributed by atoms with Crippen molar-refractivity contribution in [2.24, 2.45) is 23.2 Å². The second-order valence-electron chi connectivity index (χ2n) is 8.06. The zero-order valence-electron chi connectivity index (χ0n) is 14.2. The van der Waals surface area contributed by atoms with Gasteiger partial charge in [0.2, 0.25) is 0 Å². The molecule has 0 aliphatic heterocycles. The zero-order chi connectivity index (χ0) is 15.5. The van der Waals surface area contributed by atoms with Crippen LogP contribution in [-0.4, -0.2) is 10.7 Å². The van der Waals surface area contributed by atoms with Crippen molar-refractivity contribution >= 4 is 0 Å². The highest BCUT2D eigenvalue weighted by molar-refractivity contribution is 5.14. The van der Waals surface area contributed by atoms with Crippen molar-refractivity contribution in [3.05, 3.63) is 0 Å². The van der Waals surface area contributed by atoms with Crippen LogP contribution in [0, 0.1) is 34.5 Å². The monoisotopic (exact) mass is 291 g/mol. The van der Waals surface area contributed by atoms with Crippen molar-refractivity contribution in [1.82, 2.24) is 0 Å². The quantitative estimate of drug-likeness (QED) is 0.786. The van der Waals surface area contributed by atoms with Gasteiger partial charge in [-0.15, -0.1) is 0 Å². The Balaban J connectivity index is 2.11. The van der Waals surface area contributed by atoms with Gasteiger partial charge in [0.15, 0.2) is 0 Å². The summed E-state index contributed by atoms with van der Waals surface area (Å²) in [5.74, 6) is 1.98. The Hall–Kier alpha value is -0.550. The van der Waals surface area contributed by atoms with Gasteiger partial charge >= 0.3 is 0 Å². The fourth-order valence-electron chi connectivity index (χ4n) is 4.85. The molecule has 0 aromatic carbocycles. The molecule has 0 amide bonds. The standard InChI is InChI=1S/C19H33NO/c1-4-6-16-8-11-18(14-20,12-9-16)19(21)10-5-7-17(13-19)15(2)3/h15-17,21H,4-13H2,1-3H3. The molecule has 0 aromatic heterocycles. The van der Waals surface area contributed by atoms with E-state index in [4.69, 9.17) is 0 Å². The van der Waals surface area contributed by atoms with E-state index in [1.165, 1.54) is 19.3 Å². The van der Waals surface area contributed by atoms with Gasteiger partial charge in [-0.25, -0.2) is 0 Å². The molecule has 2 atom stereocenters. The SMILES string of the molecule is CCCC1CCC(C#N)(C2(O)CCCC(C(C)C)C2)CC1. The van der Waals surface area contributed by atoms with E-state index >= 15 is 0 Å². The Morgan fingerprint density at radius 1 is 1.19 bits per heavy atom. The van der Waals surface area contributed by atoms with Gasteiger partial charge in [-0.05, 0) is 62.7 Å².